The molecule has 20 heavy (non-hydrogen) atoms. The van der Waals surface area contributed by atoms with E-state index >= 15 is 0 Å². The molecule has 106 valence electrons. The second-order valence-corrected chi connectivity index (χ2v) is 4.25. The molecule has 1 amide bonds. The van der Waals surface area contributed by atoms with E-state index in [1.54, 1.807) is 18.2 Å². The number of nitrogens with one attached hydrogen (secondary N) is 1. The molecule has 1 aliphatic rings. The van der Waals surface area contributed by atoms with Crippen molar-refractivity contribution in [2.24, 2.45) is 5.11 Å². The number of fused-ring (bicyclic) bond motifs is 1. The molecule has 0 saturated heterocycles. The number of carbonyl (C=O) groups is 1. The van der Waals surface area contributed by atoms with Gasteiger partial charge in [0.2, 0.25) is 0 Å². The number of carbonyl (C=O) groups excluding carboxylic acids is 1. The summed E-state index contributed by atoms with van der Waals surface area (Å²) >= 11 is 0. The van der Waals surface area contributed by atoms with Crippen molar-refractivity contribution in [3.05, 3.63) is 34.2 Å². The minimum atomic E-state index is -0.184. The largest absolute Gasteiger partial charge is 0.486 e. The van der Waals surface area contributed by atoms with Crippen LogP contribution in [0.5, 0.6) is 11.5 Å². The lowest BCUT2D eigenvalue weighted by atomic mass is 10.1. The first-order valence-electron chi connectivity index (χ1n) is 6.50. The Hall–Kier alpha value is -2.40. The van der Waals surface area contributed by atoms with Gasteiger partial charge >= 0.3 is 0 Å². The van der Waals surface area contributed by atoms with E-state index in [-0.39, 0.29) is 5.91 Å². The Morgan fingerprint density at radius 3 is 3.05 bits per heavy atom. The maximum Gasteiger partial charge on any atom is 0.255 e. The summed E-state index contributed by atoms with van der Waals surface area (Å²) in [5.74, 6) is 0.925. The molecule has 7 heteroatoms. The summed E-state index contributed by atoms with van der Waals surface area (Å²) in [6.45, 7) is 1.93. The number of azide groups is 1. The third-order valence-corrected chi connectivity index (χ3v) is 2.84. The standard InChI is InChI=1S/C13H16N4O3/c14-17-16-7-2-1-6-15-13(18)10-4-3-5-11-12(10)20-9-8-19-11/h3-5H,1-2,6-9H2,(H,15,18). The SMILES string of the molecule is [N-]=[N+]=NCCCCNC(=O)c1cccc2c1OCCO2. The molecule has 0 saturated carbocycles. The molecule has 1 aromatic rings. The molecule has 1 heterocycles. The lowest BCUT2D eigenvalue weighted by Gasteiger charge is -2.20. The van der Waals surface area contributed by atoms with E-state index < -0.39 is 0 Å². The third-order valence-electron chi connectivity index (χ3n) is 2.84. The van der Waals surface area contributed by atoms with Crippen molar-refractivity contribution in [3.63, 3.8) is 0 Å². The first-order valence-corrected chi connectivity index (χ1v) is 6.50. The quantitative estimate of drug-likeness (QED) is 0.373. The fourth-order valence-electron chi connectivity index (χ4n) is 1.90. The van der Waals surface area contributed by atoms with E-state index in [1.807, 2.05) is 0 Å². The number of benzene rings is 1. The lowest BCUT2D eigenvalue weighted by molar-refractivity contribution is 0.0942. The monoisotopic (exact) mass is 276 g/mol. The van der Waals surface area contributed by atoms with Gasteiger partial charge in [-0.3, -0.25) is 4.79 Å². The molecule has 0 bridgehead atoms. The van der Waals surface area contributed by atoms with Crippen molar-refractivity contribution in [2.75, 3.05) is 26.3 Å². The second kappa shape index (κ2) is 7.25. The summed E-state index contributed by atoms with van der Waals surface area (Å²) in [5, 5.41) is 6.25. The van der Waals surface area contributed by atoms with Gasteiger partial charge in [-0.25, -0.2) is 0 Å². The number of nitrogens with zero attached hydrogens (tertiary/aromatic N) is 3. The average Bonchev–Trinajstić information content (AvgIpc) is 2.50. The smallest absolute Gasteiger partial charge is 0.255 e. The van der Waals surface area contributed by atoms with Crippen molar-refractivity contribution < 1.29 is 14.3 Å². The van der Waals surface area contributed by atoms with E-state index in [0.717, 1.165) is 12.8 Å². The Balaban J connectivity index is 1.88. The highest BCUT2D eigenvalue weighted by molar-refractivity contribution is 5.97. The second-order valence-electron chi connectivity index (χ2n) is 4.25. The van der Waals surface area contributed by atoms with E-state index in [2.05, 4.69) is 15.3 Å². The fourth-order valence-corrected chi connectivity index (χ4v) is 1.90. The van der Waals surface area contributed by atoms with Crippen LogP contribution < -0.4 is 14.8 Å². The van der Waals surface area contributed by atoms with E-state index in [9.17, 15) is 4.79 Å². The lowest BCUT2D eigenvalue weighted by Crippen LogP contribution is -2.26. The summed E-state index contributed by atoms with van der Waals surface area (Å²) in [7, 11) is 0. The molecule has 0 fully saturated rings. The topological polar surface area (TPSA) is 96.3 Å². The Kier molecular flexibility index (Phi) is 5.08. The molecule has 0 unspecified atom stereocenters. The van der Waals surface area contributed by atoms with Crippen molar-refractivity contribution in [1.29, 1.82) is 0 Å². The molecule has 1 N–H and O–H groups in total. The number of unbranched alkanes of at least 4 members (excludes halogenated alkanes) is 1. The summed E-state index contributed by atoms with van der Waals surface area (Å²) < 4.78 is 10.9. The van der Waals surface area contributed by atoms with Crippen LogP contribution >= 0.6 is 0 Å². The molecule has 1 aromatic carbocycles. The summed E-state index contributed by atoms with van der Waals surface area (Å²) in [6, 6.07) is 5.26. The van der Waals surface area contributed by atoms with Gasteiger partial charge in [0.1, 0.15) is 13.2 Å². The molecule has 2 rings (SSSR count). The maximum absolute atomic E-state index is 12.1. The molecule has 0 radical (unpaired) electrons. The van der Waals surface area contributed by atoms with Crippen LogP contribution in [0.15, 0.2) is 23.3 Å². The number of rotatable bonds is 6. The van der Waals surface area contributed by atoms with E-state index in [0.29, 0.717) is 43.4 Å². The predicted octanol–water partition coefficient (Wildman–Crippen LogP) is 2.28. The highest BCUT2D eigenvalue weighted by Crippen LogP contribution is 2.33. The summed E-state index contributed by atoms with van der Waals surface area (Å²) in [6.07, 6.45) is 1.51. The first kappa shape index (κ1) is 14.0. The van der Waals surface area contributed by atoms with Gasteiger partial charge in [0, 0.05) is 18.0 Å². The number of hydrogen-bond acceptors (Lipinski definition) is 4. The molecular formula is C13H16N4O3. The highest BCUT2D eigenvalue weighted by atomic mass is 16.6. The number of amides is 1. The number of para-hydroxylation sites is 1. The van der Waals surface area contributed by atoms with Crippen LogP contribution in [-0.4, -0.2) is 32.2 Å². The van der Waals surface area contributed by atoms with E-state index in [4.69, 9.17) is 15.0 Å². The zero-order valence-corrected chi connectivity index (χ0v) is 11.0. The molecule has 1 aliphatic heterocycles. The van der Waals surface area contributed by atoms with Crippen LogP contribution in [0.25, 0.3) is 10.4 Å². The van der Waals surface area contributed by atoms with Gasteiger partial charge in [-0.1, -0.05) is 11.2 Å². The fraction of sp³-hybridized carbons (Fsp3) is 0.462. The van der Waals surface area contributed by atoms with E-state index in [1.165, 1.54) is 0 Å². The predicted molar refractivity (Wildman–Crippen MR) is 73.0 cm³/mol. The Morgan fingerprint density at radius 2 is 2.20 bits per heavy atom. The first-order chi connectivity index (χ1) is 9.83. The minimum Gasteiger partial charge on any atom is -0.486 e. The molecule has 0 aliphatic carbocycles. The summed E-state index contributed by atoms with van der Waals surface area (Å²) in [4.78, 5) is 14.7. The van der Waals surface area contributed by atoms with Crippen LogP contribution in [0, 0.1) is 0 Å². The number of hydrogen-bond donors (Lipinski definition) is 1. The van der Waals surface area contributed by atoms with Crippen molar-refractivity contribution >= 4 is 5.91 Å². The normalized spacial score (nSPS) is 12.4. The average molecular weight is 276 g/mol. The molecule has 0 aromatic heterocycles. The van der Waals surface area contributed by atoms with Gasteiger partial charge in [-0.05, 0) is 30.5 Å². The summed E-state index contributed by atoms with van der Waals surface area (Å²) in [5.41, 5.74) is 8.62. The molecule has 0 atom stereocenters. The molecule has 7 nitrogen and oxygen atoms in total. The van der Waals surface area contributed by atoms with Crippen LogP contribution in [0.4, 0.5) is 0 Å². The van der Waals surface area contributed by atoms with Crippen LogP contribution in [0.3, 0.4) is 0 Å². The van der Waals surface area contributed by atoms with Crippen molar-refractivity contribution in [1.82, 2.24) is 5.32 Å². The Morgan fingerprint density at radius 1 is 1.35 bits per heavy atom. The van der Waals surface area contributed by atoms with Gasteiger partial charge in [0.25, 0.3) is 5.91 Å². The van der Waals surface area contributed by atoms with Crippen LogP contribution in [0.2, 0.25) is 0 Å². The highest BCUT2D eigenvalue weighted by Gasteiger charge is 2.19. The van der Waals surface area contributed by atoms with Crippen LogP contribution in [-0.2, 0) is 0 Å². The van der Waals surface area contributed by atoms with Crippen molar-refractivity contribution in [3.8, 4) is 11.5 Å². The van der Waals surface area contributed by atoms with Gasteiger partial charge in [0.05, 0.1) is 5.56 Å². The zero-order chi connectivity index (χ0) is 14.2. The van der Waals surface area contributed by atoms with Gasteiger partial charge < -0.3 is 14.8 Å². The molecule has 0 spiro atoms. The van der Waals surface area contributed by atoms with Crippen molar-refractivity contribution in [2.45, 2.75) is 12.8 Å². The molecular weight excluding hydrogens is 260 g/mol. The van der Waals surface area contributed by atoms with Gasteiger partial charge in [-0.2, -0.15) is 0 Å². The van der Waals surface area contributed by atoms with Gasteiger partial charge in [0.15, 0.2) is 11.5 Å². The van der Waals surface area contributed by atoms with Crippen LogP contribution in [0.1, 0.15) is 23.2 Å². The maximum atomic E-state index is 12.1. The Labute approximate surface area is 116 Å². The van der Waals surface area contributed by atoms with Gasteiger partial charge in [-0.15, -0.1) is 0 Å². The minimum absolute atomic E-state index is 0.184. The third kappa shape index (κ3) is 3.55. The Bertz CT molecular complexity index is 526. The zero-order valence-electron chi connectivity index (χ0n) is 11.0. The number of ether oxygens (including phenoxy) is 2.